The van der Waals surface area contributed by atoms with E-state index in [4.69, 9.17) is 20.9 Å². The molecule has 0 spiro atoms. The minimum absolute atomic E-state index is 0.693. The van der Waals surface area contributed by atoms with Gasteiger partial charge in [-0.3, -0.25) is 0 Å². The molecule has 31 heavy (non-hydrogen) atoms. The molecule has 0 atom stereocenters. The van der Waals surface area contributed by atoms with Gasteiger partial charge in [0.05, 0.1) is 0 Å². The van der Waals surface area contributed by atoms with Crippen LogP contribution in [0.25, 0.3) is 0 Å². The van der Waals surface area contributed by atoms with Crippen molar-refractivity contribution in [3.63, 3.8) is 0 Å². The average Bonchev–Trinajstić information content (AvgIpc) is 2.76. The molecule has 4 nitrogen and oxygen atoms in total. The van der Waals surface area contributed by atoms with Gasteiger partial charge in [-0.2, -0.15) is 0 Å². The first-order valence-electron chi connectivity index (χ1n) is 10.4. The van der Waals surface area contributed by atoms with Crippen LogP contribution < -0.4 is 20.9 Å². The number of benzene rings is 4. The van der Waals surface area contributed by atoms with Gasteiger partial charge in [-0.1, -0.05) is 36.4 Å². The molecule has 0 saturated carbocycles. The van der Waals surface area contributed by atoms with Crippen LogP contribution in [-0.4, -0.2) is 0 Å². The van der Waals surface area contributed by atoms with Crippen LogP contribution in [0.15, 0.2) is 97.1 Å². The molecule has 4 rings (SSSR count). The van der Waals surface area contributed by atoms with Crippen LogP contribution >= 0.6 is 0 Å². The predicted molar refractivity (Wildman–Crippen MR) is 127 cm³/mol. The zero-order valence-corrected chi connectivity index (χ0v) is 17.3. The maximum Gasteiger partial charge on any atom is 0.129 e. The Balaban J connectivity index is 1.25. The fourth-order valence-electron chi connectivity index (χ4n) is 3.37. The van der Waals surface area contributed by atoms with Gasteiger partial charge in [0.25, 0.3) is 0 Å². The van der Waals surface area contributed by atoms with Crippen molar-refractivity contribution >= 4 is 11.4 Å². The first-order valence-corrected chi connectivity index (χ1v) is 10.4. The van der Waals surface area contributed by atoms with Gasteiger partial charge in [-0.25, -0.2) is 0 Å². The lowest BCUT2D eigenvalue weighted by molar-refractivity contribution is 0.482. The van der Waals surface area contributed by atoms with Crippen LogP contribution in [0, 0.1) is 0 Å². The Labute approximate surface area is 183 Å². The Hall–Kier alpha value is -3.92. The molecule has 0 aliphatic carbocycles. The van der Waals surface area contributed by atoms with Crippen molar-refractivity contribution in [2.75, 3.05) is 11.5 Å². The SMILES string of the molecule is Nc1cccc(Oc2ccc(CCCc3ccc(Oc4cccc(N)c4)cc3)cc2)c1. The van der Waals surface area contributed by atoms with Crippen molar-refractivity contribution in [2.24, 2.45) is 0 Å². The summed E-state index contributed by atoms with van der Waals surface area (Å²) in [4.78, 5) is 0. The zero-order valence-electron chi connectivity index (χ0n) is 17.3. The molecule has 0 aliphatic heterocycles. The predicted octanol–water partition coefficient (Wildman–Crippen LogP) is 6.61. The van der Waals surface area contributed by atoms with Gasteiger partial charge in [-0.15, -0.1) is 0 Å². The second kappa shape index (κ2) is 9.72. The van der Waals surface area contributed by atoms with Crippen molar-refractivity contribution in [3.8, 4) is 23.0 Å². The lowest BCUT2D eigenvalue weighted by Crippen LogP contribution is -1.92. The van der Waals surface area contributed by atoms with E-state index in [0.29, 0.717) is 11.4 Å². The molecule has 0 fully saturated rings. The zero-order chi connectivity index (χ0) is 21.5. The van der Waals surface area contributed by atoms with Crippen molar-refractivity contribution in [1.29, 1.82) is 0 Å². The van der Waals surface area contributed by atoms with Crippen molar-refractivity contribution in [3.05, 3.63) is 108 Å². The van der Waals surface area contributed by atoms with Crippen LogP contribution in [0.1, 0.15) is 17.5 Å². The topological polar surface area (TPSA) is 70.5 Å². The third kappa shape index (κ3) is 6.03. The Morgan fingerprint density at radius 1 is 0.484 bits per heavy atom. The van der Waals surface area contributed by atoms with E-state index >= 15 is 0 Å². The largest absolute Gasteiger partial charge is 0.457 e. The molecule has 0 aliphatic rings. The maximum absolute atomic E-state index is 5.85. The molecular weight excluding hydrogens is 384 g/mol. The minimum Gasteiger partial charge on any atom is -0.457 e. The summed E-state index contributed by atoms with van der Waals surface area (Å²) in [5.74, 6) is 3.11. The highest BCUT2D eigenvalue weighted by Gasteiger charge is 2.02. The standard InChI is InChI=1S/C27H26N2O2/c28-22-6-2-8-26(18-22)30-24-14-10-20(11-15-24)4-1-5-21-12-16-25(17-13-21)31-27-9-3-7-23(29)19-27/h2-3,6-19H,1,4-5,28-29H2. The Morgan fingerprint density at radius 3 is 1.29 bits per heavy atom. The maximum atomic E-state index is 5.85. The Bertz CT molecular complexity index is 1030. The molecule has 0 bridgehead atoms. The molecule has 0 heterocycles. The van der Waals surface area contributed by atoms with Gasteiger partial charge in [-0.05, 0) is 78.9 Å². The molecule has 4 heteroatoms. The highest BCUT2D eigenvalue weighted by atomic mass is 16.5. The summed E-state index contributed by atoms with van der Waals surface area (Å²) >= 11 is 0. The van der Waals surface area contributed by atoms with Gasteiger partial charge in [0.2, 0.25) is 0 Å². The van der Waals surface area contributed by atoms with Gasteiger partial charge >= 0.3 is 0 Å². The molecule has 0 saturated heterocycles. The Morgan fingerprint density at radius 2 is 0.903 bits per heavy atom. The monoisotopic (exact) mass is 410 g/mol. The van der Waals surface area contributed by atoms with E-state index in [2.05, 4.69) is 24.3 Å². The third-order valence-corrected chi connectivity index (χ3v) is 4.97. The molecule has 0 aromatic heterocycles. The third-order valence-electron chi connectivity index (χ3n) is 4.97. The summed E-state index contributed by atoms with van der Waals surface area (Å²) in [7, 11) is 0. The molecular formula is C27H26N2O2. The number of hydrogen-bond donors (Lipinski definition) is 2. The summed E-state index contributed by atoms with van der Waals surface area (Å²) in [5.41, 5.74) is 15.6. The molecule has 0 radical (unpaired) electrons. The number of nitrogens with two attached hydrogens (primary N) is 2. The lowest BCUT2D eigenvalue weighted by Gasteiger charge is -2.08. The van der Waals surface area contributed by atoms with E-state index < -0.39 is 0 Å². The highest BCUT2D eigenvalue weighted by molar-refractivity contribution is 5.46. The quantitative estimate of drug-likeness (QED) is 0.321. The van der Waals surface area contributed by atoms with E-state index in [1.54, 1.807) is 0 Å². The molecule has 4 aromatic carbocycles. The number of anilines is 2. The van der Waals surface area contributed by atoms with Crippen molar-refractivity contribution < 1.29 is 9.47 Å². The van der Waals surface area contributed by atoms with Gasteiger partial charge < -0.3 is 20.9 Å². The fourth-order valence-corrected chi connectivity index (χ4v) is 3.37. The summed E-state index contributed by atoms with van der Waals surface area (Å²) in [6.07, 6.45) is 3.10. The first kappa shape index (κ1) is 20.4. The highest BCUT2D eigenvalue weighted by Crippen LogP contribution is 2.25. The van der Waals surface area contributed by atoms with Crippen molar-refractivity contribution in [2.45, 2.75) is 19.3 Å². The number of nitrogen functional groups attached to an aromatic ring is 2. The minimum atomic E-state index is 0.693. The smallest absolute Gasteiger partial charge is 0.129 e. The van der Waals surface area contributed by atoms with Crippen molar-refractivity contribution in [1.82, 2.24) is 0 Å². The van der Waals surface area contributed by atoms with Crippen LogP contribution in [0.2, 0.25) is 0 Å². The van der Waals surface area contributed by atoms with Gasteiger partial charge in [0, 0.05) is 23.5 Å². The summed E-state index contributed by atoms with van der Waals surface area (Å²) in [5, 5.41) is 0. The summed E-state index contributed by atoms with van der Waals surface area (Å²) in [6.45, 7) is 0. The lowest BCUT2D eigenvalue weighted by atomic mass is 10.0. The molecule has 0 unspecified atom stereocenters. The number of aryl methyl sites for hydroxylation is 2. The van der Waals surface area contributed by atoms with Gasteiger partial charge in [0.1, 0.15) is 23.0 Å². The molecule has 4 aromatic rings. The number of hydrogen-bond acceptors (Lipinski definition) is 4. The normalized spacial score (nSPS) is 10.6. The van der Waals surface area contributed by atoms with E-state index in [1.165, 1.54) is 11.1 Å². The summed E-state index contributed by atoms with van der Waals surface area (Å²) in [6, 6.07) is 31.4. The van der Waals surface area contributed by atoms with E-state index in [-0.39, 0.29) is 0 Å². The van der Waals surface area contributed by atoms with E-state index in [1.807, 2.05) is 72.8 Å². The van der Waals surface area contributed by atoms with E-state index in [0.717, 1.165) is 42.3 Å². The Kier molecular flexibility index (Phi) is 6.38. The van der Waals surface area contributed by atoms with E-state index in [9.17, 15) is 0 Å². The molecule has 0 amide bonds. The number of ether oxygens (including phenoxy) is 2. The number of rotatable bonds is 8. The molecule has 156 valence electrons. The first-order chi connectivity index (χ1) is 15.1. The fraction of sp³-hybridized carbons (Fsp3) is 0.111. The van der Waals surface area contributed by atoms with Crippen LogP contribution in [-0.2, 0) is 12.8 Å². The molecule has 4 N–H and O–H groups in total. The van der Waals surface area contributed by atoms with Crippen LogP contribution in [0.5, 0.6) is 23.0 Å². The summed E-state index contributed by atoms with van der Waals surface area (Å²) < 4.78 is 11.7. The second-order valence-corrected chi connectivity index (χ2v) is 7.49. The average molecular weight is 411 g/mol. The van der Waals surface area contributed by atoms with Crippen LogP contribution in [0.4, 0.5) is 11.4 Å². The van der Waals surface area contributed by atoms with Gasteiger partial charge in [0.15, 0.2) is 0 Å². The van der Waals surface area contributed by atoms with Crippen LogP contribution in [0.3, 0.4) is 0 Å². The second-order valence-electron chi connectivity index (χ2n) is 7.49.